The van der Waals surface area contributed by atoms with Crippen LogP contribution in [0.4, 0.5) is 4.79 Å². The van der Waals surface area contributed by atoms with Crippen LogP contribution >= 0.6 is 0 Å². The summed E-state index contributed by atoms with van der Waals surface area (Å²) in [5.41, 5.74) is 0.598. The highest BCUT2D eigenvalue weighted by atomic mass is 16.6. The lowest BCUT2D eigenvalue weighted by atomic mass is 9.68. The topological polar surface area (TPSA) is 132 Å². The van der Waals surface area contributed by atoms with E-state index in [9.17, 15) is 9.59 Å². The maximum atomic E-state index is 12.9. The second-order valence-corrected chi connectivity index (χ2v) is 10.5. The molecule has 2 N–H and O–H groups in total. The zero-order valence-electron chi connectivity index (χ0n) is 20.9. The number of nitrogens with one attached hydrogen (secondary N) is 2. The molecule has 10 nitrogen and oxygen atoms in total. The molecular formula is C24H37N3O7. The molecule has 3 heterocycles. The minimum absolute atomic E-state index is 0.0341. The average molecular weight is 480 g/mol. The van der Waals surface area contributed by atoms with Gasteiger partial charge in [0.1, 0.15) is 29.2 Å². The van der Waals surface area contributed by atoms with Gasteiger partial charge in [0.2, 0.25) is 0 Å². The summed E-state index contributed by atoms with van der Waals surface area (Å²) in [5, 5.41) is 5.41. The molecular weight excluding hydrogens is 442 g/mol. The molecule has 2 aliphatic heterocycles. The predicted octanol–water partition coefficient (Wildman–Crippen LogP) is 2.73. The molecule has 0 bridgehead atoms. The largest absolute Gasteiger partial charge is 0.459 e. The zero-order valence-corrected chi connectivity index (χ0v) is 20.9. The highest BCUT2D eigenvalue weighted by Crippen LogP contribution is 2.59. The second-order valence-electron chi connectivity index (χ2n) is 10.5. The van der Waals surface area contributed by atoms with Crippen molar-refractivity contribution in [3.63, 3.8) is 0 Å². The first kappa shape index (κ1) is 24.9. The molecule has 34 heavy (non-hydrogen) atoms. The van der Waals surface area contributed by atoms with Gasteiger partial charge in [0.05, 0.1) is 18.6 Å². The van der Waals surface area contributed by atoms with E-state index >= 15 is 0 Å². The normalized spacial score (nSPS) is 35.1. The van der Waals surface area contributed by atoms with Crippen molar-refractivity contribution >= 4 is 6.09 Å². The Morgan fingerprint density at radius 2 is 2.12 bits per heavy atom. The van der Waals surface area contributed by atoms with Crippen molar-refractivity contribution in [3.8, 4) is 0 Å². The van der Waals surface area contributed by atoms with Crippen LogP contribution in [-0.2, 0) is 25.4 Å². The van der Waals surface area contributed by atoms with Gasteiger partial charge < -0.3 is 28.8 Å². The lowest BCUT2D eigenvalue weighted by Gasteiger charge is -2.42. The molecule has 1 amide bonds. The first-order valence-electron chi connectivity index (χ1n) is 12.1. The number of H-pyrrole nitrogens is 1. The van der Waals surface area contributed by atoms with Crippen LogP contribution in [0.5, 0.6) is 0 Å². The monoisotopic (exact) mass is 479 g/mol. The van der Waals surface area contributed by atoms with E-state index in [0.717, 1.165) is 12.8 Å². The Labute approximate surface area is 199 Å². The van der Waals surface area contributed by atoms with E-state index < -0.39 is 18.0 Å². The number of carbonyl (C=O) groups excluding carboxylic acids is 1. The fourth-order valence-electron chi connectivity index (χ4n) is 5.40. The number of hydrogen-bond donors (Lipinski definition) is 2. The first-order chi connectivity index (χ1) is 16.1. The van der Waals surface area contributed by atoms with E-state index in [1.54, 1.807) is 7.11 Å². The van der Waals surface area contributed by atoms with E-state index in [4.69, 9.17) is 18.9 Å². The second kappa shape index (κ2) is 9.47. The number of aromatic nitrogens is 2. The number of aromatic amines is 1. The third-order valence-electron chi connectivity index (χ3n) is 7.50. The van der Waals surface area contributed by atoms with Gasteiger partial charge in [0.15, 0.2) is 0 Å². The fourth-order valence-corrected chi connectivity index (χ4v) is 5.40. The minimum atomic E-state index is -0.689. The van der Waals surface area contributed by atoms with Gasteiger partial charge >= 0.3 is 11.8 Å². The van der Waals surface area contributed by atoms with Crippen LogP contribution in [0.1, 0.15) is 59.7 Å². The zero-order chi connectivity index (χ0) is 24.7. The highest BCUT2D eigenvalue weighted by molar-refractivity contribution is 5.68. The van der Waals surface area contributed by atoms with Crippen molar-refractivity contribution in [2.75, 3.05) is 13.7 Å². The lowest BCUT2D eigenvalue weighted by Crippen LogP contribution is -2.56. The molecule has 10 heteroatoms. The van der Waals surface area contributed by atoms with E-state index in [0.29, 0.717) is 25.3 Å². The van der Waals surface area contributed by atoms with Crippen LogP contribution in [-0.4, -0.2) is 65.5 Å². The van der Waals surface area contributed by atoms with Gasteiger partial charge in [-0.3, -0.25) is 0 Å². The predicted molar refractivity (Wildman–Crippen MR) is 122 cm³/mol. The summed E-state index contributed by atoms with van der Waals surface area (Å²) in [7, 11) is 1.65. The van der Waals surface area contributed by atoms with E-state index in [2.05, 4.69) is 46.8 Å². The third-order valence-corrected chi connectivity index (χ3v) is 7.50. The van der Waals surface area contributed by atoms with Gasteiger partial charge in [0, 0.05) is 19.6 Å². The molecule has 1 spiro atoms. The fraction of sp³-hybridized carbons (Fsp3) is 0.792. The Hall–Kier alpha value is -2.17. The van der Waals surface area contributed by atoms with E-state index in [1.165, 1.54) is 5.57 Å². The highest BCUT2D eigenvalue weighted by Gasteiger charge is 2.72. The van der Waals surface area contributed by atoms with Crippen LogP contribution in [0.25, 0.3) is 0 Å². The van der Waals surface area contributed by atoms with Crippen molar-refractivity contribution < 1.29 is 28.3 Å². The van der Waals surface area contributed by atoms with Crippen LogP contribution < -0.4 is 11.1 Å². The maximum Gasteiger partial charge on any atom is 0.459 e. The number of hydrogen-bond acceptors (Lipinski definition) is 8. The Kier molecular flexibility index (Phi) is 6.94. The standard InChI is InChI=1S/C24H37N3O7/c1-13(2)7-8-17-23(5,33-17)20-19(30-6)16(9-10-24(20)12-31-24)32-21(28)25-15(14(3)4)11-18-26-22(29)34-27-18/h7,14-17,19-20H,8-12H2,1-6H3,(H,25,28)(H,26,27,29)/t15-,16-,17-,19-,20-,23+,24+/m1/s1. The number of epoxide rings is 2. The number of nitrogens with zero attached hydrogens (tertiary/aromatic N) is 1. The molecule has 1 aliphatic carbocycles. The van der Waals surface area contributed by atoms with Crippen LogP contribution in [0.2, 0.25) is 0 Å². The molecule has 1 saturated carbocycles. The number of rotatable bonds is 9. The van der Waals surface area contributed by atoms with Gasteiger partial charge in [-0.1, -0.05) is 25.5 Å². The van der Waals surface area contributed by atoms with Crippen molar-refractivity contribution in [2.45, 2.75) is 95.9 Å². The number of carbonyl (C=O) groups is 1. The SMILES string of the molecule is CO[C@@H]1[C@H](OC(=O)N[C@H](Cc2nc(=O)o[nH]2)C(C)C)CC[C@]2(CO2)[C@H]1[C@@]1(C)O[C@@H]1CC=C(C)C. The third kappa shape index (κ3) is 5.08. The van der Waals surface area contributed by atoms with Gasteiger partial charge in [-0.25, -0.2) is 14.7 Å². The summed E-state index contributed by atoms with van der Waals surface area (Å²) in [6, 6.07) is -0.288. The van der Waals surface area contributed by atoms with E-state index in [1.807, 2.05) is 13.8 Å². The molecule has 1 aromatic heterocycles. The Balaban J connectivity index is 1.43. The molecule has 190 valence electrons. The summed E-state index contributed by atoms with van der Waals surface area (Å²) in [6.45, 7) is 10.9. The summed E-state index contributed by atoms with van der Waals surface area (Å²) in [5.74, 6) is -0.257. The van der Waals surface area contributed by atoms with Crippen molar-refractivity contribution in [3.05, 3.63) is 28.0 Å². The molecule has 1 aromatic rings. The number of alkyl carbamates (subject to hydrolysis) is 1. The number of amides is 1. The van der Waals surface area contributed by atoms with Gasteiger partial charge in [-0.2, -0.15) is 4.98 Å². The summed E-state index contributed by atoms with van der Waals surface area (Å²) in [4.78, 5) is 27.9. The van der Waals surface area contributed by atoms with Crippen molar-refractivity contribution in [1.29, 1.82) is 0 Å². The molecule has 0 radical (unpaired) electrons. The van der Waals surface area contributed by atoms with Gasteiger partial charge in [-0.15, -0.1) is 0 Å². The molecule has 2 saturated heterocycles. The minimum Gasteiger partial charge on any atom is -0.443 e. The number of methoxy groups -OCH3 is 1. The number of allylic oxidation sites excluding steroid dienone is 1. The van der Waals surface area contributed by atoms with Crippen LogP contribution in [0, 0.1) is 11.8 Å². The molecule has 7 atom stereocenters. The number of ether oxygens (including phenoxy) is 4. The van der Waals surface area contributed by atoms with Crippen molar-refractivity contribution in [1.82, 2.24) is 15.5 Å². The smallest absolute Gasteiger partial charge is 0.443 e. The quantitative estimate of drug-likeness (QED) is 0.408. The van der Waals surface area contributed by atoms with Gasteiger partial charge in [-0.05, 0) is 46.0 Å². The molecule has 0 aromatic carbocycles. The van der Waals surface area contributed by atoms with Crippen LogP contribution in [0.3, 0.4) is 0 Å². The lowest BCUT2D eigenvalue weighted by molar-refractivity contribution is -0.118. The molecule has 0 unspecified atom stereocenters. The molecule has 3 aliphatic rings. The maximum absolute atomic E-state index is 12.9. The average Bonchev–Trinajstić information content (AvgIpc) is 3.64. The Morgan fingerprint density at radius 1 is 1.38 bits per heavy atom. The van der Waals surface area contributed by atoms with Crippen LogP contribution in [0.15, 0.2) is 21.0 Å². The van der Waals surface area contributed by atoms with E-state index in [-0.39, 0.29) is 41.3 Å². The Bertz CT molecular complexity index is 962. The summed E-state index contributed by atoms with van der Waals surface area (Å²) < 4.78 is 28.7. The molecule has 3 fully saturated rings. The summed E-state index contributed by atoms with van der Waals surface area (Å²) >= 11 is 0. The van der Waals surface area contributed by atoms with Gasteiger partial charge in [0.25, 0.3) is 0 Å². The first-order valence-corrected chi connectivity index (χ1v) is 12.1. The summed E-state index contributed by atoms with van der Waals surface area (Å²) in [6.07, 6.45) is 3.61. The van der Waals surface area contributed by atoms with Crippen molar-refractivity contribution in [2.24, 2.45) is 11.8 Å². The Morgan fingerprint density at radius 3 is 2.68 bits per heavy atom. The molecule has 4 rings (SSSR count).